The molecule has 2 aromatic carbocycles. The Morgan fingerprint density at radius 2 is 1.76 bits per heavy atom. The lowest BCUT2D eigenvalue weighted by atomic mass is 10.1. The van der Waals surface area contributed by atoms with Crippen LogP contribution in [-0.2, 0) is 15.5 Å². The highest BCUT2D eigenvalue weighted by Gasteiger charge is 2.19. The van der Waals surface area contributed by atoms with Crippen LogP contribution in [0.25, 0.3) is 10.9 Å². The highest BCUT2D eigenvalue weighted by Crippen LogP contribution is 2.22. The minimum Gasteiger partial charge on any atom is -0.454 e. The molecule has 1 atom stereocenters. The van der Waals surface area contributed by atoms with Gasteiger partial charge in [-0.25, -0.2) is 4.79 Å². The highest BCUT2D eigenvalue weighted by atomic mass is 32.2. The van der Waals surface area contributed by atoms with Crippen molar-refractivity contribution in [2.75, 3.05) is 12.9 Å². The van der Waals surface area contributed by atoms with Gasteiger partial charge in [-0.15, -0.1) is 0 Å². The maximum atomic E-state index is 12.5. The van der Waals surface area contributed by atoms with Crippen molar-refractivity contribution in [1.29, 1.82) is 0 Å². The summed E-state index contributed by atoms with van der Waals surface area (Å²) in [6.07, 6.45) is 1.49. The van der Waals surface area contributed by atoms with E-state index in [4.69, 9.17) is 4.74 Å². The van der Waals surface area contributed by atoms with Crippen LogP contribution in [0.1, 0.15) is 26.4 Å². The van der Waals surface area contributed by atoms with Gasteiger partial charge in [0.05, 0.1) is 21.3 Å². The third-order valence-corrected chi connectivity index (χ3v) is 4.90. The van der Waals surface area contributed by atoms with Gasteiger partial charge in [-0.1, -0.05) is 30.3 Å². The number of aryl methyl sites for hydroxylation is 1. The fraction of sp³-hybridized carbons (Fsp3) is 0.158. The summed E-state index contributed by atoms with van der Waals surface area (Å²) in [5.74, 6) is -0.935. The second-order valence-electron chi connectivity index (χ2n) is 5.62. The summed E-state index contributed by atoms with van der Waals surface area (Å²) in [5, 5.41) is 0.802. The number of aromatic nitrogens is 1. The van der Waals surface area contributed by atoms with Crippen LogP contribution in [0.4, 0.5) is 0 Å². The fourth-order valence-electron chi connectivity index (χ4n) is 2.80. The van der Waals surface area contributed by atoms with E-state index >= 15 is 0 Å². The predicted octanol–water partition coefficient (Wildman–Crippen LogP) is 3.25. The molecule has 0 amide bonds. The fourth-order valence-corrected chi connectivity index (χ4v) is 3.53. The molecule has 0 aliphatic rings. The van der Waals surface area contributed by atoms with Crippen LogP contribution < -0.4 is 0 Å². The van der Waals surface area contributed by atoms with E-state index in [1.165, 1.54) is 6.26 Å². The van der Waals surface area contributed by atoms with Crippen molar-refractivity contribution in [2.24, 2.45) is 0 Å². The van der Waals surface area contributed by atoms with E-state index in [1.54, 1.807) is 24.3 Å². The number of para-hydroxylation sites is 1. The second kappa shape index (κ2) is 7.03. The number of hydrogen-bond donors (Lipinski definition) is 1. The number of carbonyl (C=O) groups is 2. The lowest BCUT2D eigenvalue weighted by Gasteiger charge is -2.07. The molecule has 6 heteroatoms. The third kappa shape index (κ3) is 3.39. The first kappa shape index (κ1) is 17.1. The average Bonchev–Trinajstić information content (AvgIpc) is 2.95. The molecular weight excluding hydrogens is 338 g/mol. The molecule has 1 heterocycles. The van der Waals surface area contributed by atoms with E-state index in [0.717, 1.165) is 16.6 Å². The van der Waals surface area contributed by atoms with E-state index in [1.807, 2.05) is 31.2 Å². The summed E-state index contributed by atoms with van der Waals surface area (Å²) in [4.78, 5) is 28.4. The topological polar surface area (TPSA) is 76.2 Å². The molecule has 1 N–H and O–H groups in total. The molecule has 1 aromatic heterocycles. The maximum Gasteiger partial charge on any atom is 0.339 e. The van der Waals surface area contributed by atoms with Gasteiger partial charge in [0.2, 0.25) is 5.78 Å². The number of ketones is 1. The van der Waals surface area contributed by atoms with Gasteiger partial charge in [0.1, 0.15) is 0 Å². The van der Waals surface area contributed by atoms with Crippen LogP contribution >= 0.6 is 0 Å². The van der Waals surface area contributed by atoms with Crippen LogP contribution in [-0.4, -0.2) is 33.8 Å². The van der Waals surface area contributed by atoms with Crippen molar-refractivity contribution in [2.45, 2.75) is 11.8 Å². The Kier molecular flexibility index (Phi) is 4.81. The summed E-state index contributed by atoms with van der Waals surface area (Å²) in [6, 6.07) is 14.0. The van der Waals surface area contributed by atoms with E-state index in [-0.39, 0.29) is 18.0 Å². The van der Waals surface area contributed by atoms with Crippen LogP contribution in [0.5, 0.6) is 0 Å². The molecule has 0 aliphatic carbocycles. The Morgan fingerprint density at radius 3 is 2.52 bits per heavy atom. The Morgan fingerprint density at radius 1 is 1.08 bits per heavy atom. The Bertz CT molecular complexity index is 990. The zero-order valence-electron chi connectivity index (χ0n) is 13.9. The first-order valence-corrected chi connectivity index (χ1v) is 9.25. The van der Waals surface area contributed by atoms with E-state index in [2.05, 4.69) is 4.98 Å². The molecule has 0 fully saturated rings. The van der Waals surface area contributed by atoms with Gasteiger partial charge in [-0.2, -0.15) is 0 Å². The molecule has 0 saturated carbocycles. The van der Waals surface area contributed by atoms with Crippen LogP contribution in [0, 0.1) is 6.92 Å². The van der Waals surface area contributed by atoms with Gasteiger partial charge in [0, 0.05) is 28.4 Å². The summed E-state index contributed by atoms with van der Waals surface area (Å²) < 4.78 is 16.9. The van der Waals surface area contributed by atoms with Crippen molar-refractivity contribution in [1.82, 2.24) is 4.98 Å². The molecule has 0 spiro atoms. The number of nitrogens with one attached hydrogen (secondary N) is 1. The second-order valence-corrected chi connectivity index (χ2v) is 6.97. The molecule has 3 rings (SSSR count). The number of hydrogen-bond acceptors (Lipinski definition) is 4. The smallest absolute Gasteiger partial charge is 0.339 e. The average molecular weight is 355 g/mol. The summed E-state index contributed by atoms with van der Waals surface area (Å²) >= 11 is 0. The largest absolute Gasteiger partial charge is 0.454 e. The van der Waals surface area contributed by atoms with Crippen molar-refractivity contribution in [3.63, 3.8) is 0 Å². The SMILES string of the molecule is Cc1[nH]c2ccccc2c1C(=O)COC(=O)c1ccccc1[S@@](C)=O. The molecule has 0 bridgehead atoms. The number of Topliss-reactive ketones (excluding diaryl/α,β-unsaturated/α-hetero) is 1. The predicted molar refractivity (Wildman–Crippen MR) is 96.4 cm³/mol. The quantitative estimate of drug-likeness (QED) is 0.563. The molecule has 5 nitrogen and oxygen atoms in total. The van der Waals surface area contributed by atoms with Crippen LogP contribution in [0.3, 0.4) is 0 Å². The van der Waals surface area contributed by atoms with Gasteiger partial charge in [-0.3, -0.25) is 9.00 Å². The minimum atomic E-state index is -1.32. The molecule has 0 unspecified atom stereocenters. The minimum absolute atomic E-state index is 0.215. The highest BCUT2D eigenvalue weighted by molar-refractivity contribution is 7.84. The zero-order chi connectivity index (χ0) is 18.0. The van der Waals surface area contributed by atoms with Crippen LogP contribution in [0.15, 0.2) is 53.4 Å². The molecule has 3 aromatic rings. The lowest BCUT2D eigenvalue weighted by Crippen LogP contribution is -2.16. The molecule has 128 valence electrons. The van der Waals surface area contributed by atoms with Gasteiger partial charge in [0.25, 0.3) is 0 Å². The summed E-state index contributed by atoms with van der Waals surface area (Å²) in [6.45, 7) is 1.44. The third-order valence-electron chi connectivity index (χ3n) is 3.92. The first-order valence-electron chi connectivity index (χ1n) is 7.69. The van der Waals surface area contributed by atoms with Crippen molar-refractivity contribution >= 4 is 33.5 Å². The summed E-state index contributed by atoms with van der Waals surface area (Å²) in [7, 11) is -1.32. The normalized spacial score (nSPS) is 12.1. The Labute approximate surface area is 147 Å². The van der Waals surface area contributed by atoms with Crippen molar-refractivity contribution in [3.05, 3.63) is 65.4 Å². The van der Waals surface area contributed by atoms with Gasteiger partial charge in [0.15, 0.2) is 6.61 Å². The molecule has 0 saturated heterocycles. The molecular formula is C19H17NO4S. The number of aromatic amines is 1. The number of esters is 1. The Balaban J connectivity index is 1.80. The number of rotatable bonds is 5. The number of ether oxygens (including phenoxy) is 1. The molecule has 0 radical (unpaired) electrons. The van der Waals surface area contributed by atoms with Gasteiger partial charge >= 0.3 is 5.97 Å². The maximum absolute atomic E-state index is 12.5. The zero-order valence-corrected chi connectivity index (χ0v) is 14.7. The lowest BCUT2D eigenvalue weighted by molar-refractivity contribution is 0.0471. The standard InChI is InChI=1S/C19H17NO4S/c1-12-18(13-7-3-5-9-15(13)20-12)16(21)11-24-19(22)14-8-4-6-10-17(14)25(2)23/h3-10,20H,11H2,1-2H3/t25-/m1/s1. The van der Waals surface area contributed by atoms with E-state index < -0.39 is 16.8 Å². The number of H-pyrrole nitrogens is 1. The number of benzene rings is 2. The Hall–Kier alpha value is -2.73. The van der Waals surface area contributed by atoms with Crippen molar-refractivity contribution < 1.29 is 18.5 Å². The van der Waals surface area contributed by atoms with Crippen LogP contribution in [0.2, 0.25) is 0 Å². The molecule has 25 heavy (non-hydrogen) atoms. The van der Waals surface area contributed by atoms with Gasteiger partial charge < -0.3 is 9.72 Å². The first-order chi connectivity index (χ1) is 12.0. The van der Waals surface area contributed by atoms with Gasteiger partial charge in [-0.05, 0) is 25.1 Å². The molecule has 0 aliphatic heterocycles. The number of carbonyl (C=O) groups excluding carboxylic acids is 2. The summed E-state index contributed by atoms with van der Waals surface area (Å²) in [5.41, 5.74) is 2.33. The van der Waals surface area contributed by atoms with E-state index in [9.17, 15) is 13.8 Å². The number of fused-ring (bicyclic) bond motifs is 1. The van der Waals surface area contributed by atoms with E-state index in [0.29, 0.717) is 10.5 Å². The van der Waals surface area contributed by atoms with Crippen molar-refractivity contribution in [3.8, 4) is 0 Å². The monoisotopic (exact) mass is 355 g/mol.